The first-order chi connectivity index (χ1) is 15.4. The van der Waals surface area contributed by atoms with Gasteiger partial charge in [0.05, 0.1) is 19.2 Å². The molecule has 1 fully saturated rings. The fourth-order valence-electron chi connectivity index (χ4n) is 3.99. The Hall–Kier alpha value is -3.93. The monoisotopic (exact) mass is 428 g/mol. The van der Waals surface area contributed by atoms with Gasteiger partial charge in [0.15, 0.2) is 5.54 Å². The number of amides is 3. The SMILES string of the molecule is COC(=O)c1ccc(CN2C(=O)N[C@@](c3ccccc3)(c3ccc(C)c(C)c3)C2=O)cc1. The van der Waals surface area contributed by atoms with Crippen LogP contribution in [0.25, 0.3) is 0 Å². The van der Waals surface area contributed by atoms with Gasteiger partial charge in [0.25, 0.3) is 5.91 Å². The van der Waals surface area contributed by atoms with E-state index in [0.29, 0.717) is 16.7 Å². The van der Waals surface area contributed by atoms with E-state index in [1.54, 1.807) is 24.3 Å². The summed E-state index contributed by atoms with van der Waals surface area (Å²) in [7, 11) is 1.32. The van der Waals surface area contributed by atoms with Crippen LogP contribution in [0.4, 0.5) is 4.79 Å². The lowest BCUT2D eigenvalue weighted by Crippen LogP contribution is -2.45. The number of ether oxygens (including phenoxy) is 1. The molecule has 3 aromatic carbocycles. The molecule has 3 aromatic rings. The number of urea groups is 1. The van der Waals surface area contributed by atoms with E-state index in [4.69, 9.17) is 4.74 Å². The van der Waals surface area contributed by atoms with Gasteiger partial charge in [-0.15, -0.1) is 0 Å². The normalized spacial score (nSPS) is 17.9. The van der Waals surface area contributed by atoms with Gasteiger partial charge < -0.3 is 10.1 Å². The van der Waals surface area contributed by atoms with Crippen LogP contribution in [0.2, 0.25) is 0 Å². The number of aryl methyl sites for hydroxylation is 2. The minimum Gasteiger partial charge on any atom is -0.465 e. The van der Waals surface area contributed by atoms with Crippen LogP contribution in [-0.4, -0.2) is 29.9 Å². The van der Waals surface area contributed by atoms with Crippen LogP contribution in [0.5, 0.6) is 0 Å². The van der Waals surface area contributed by atoms with Gasteiger partial charge in [-0.2, -0.15) is 0 Å². The number of rotatable bonds is 5. The lowest BCUT2D eigenvalue weighted by atomic mass is 9.81. The van der Waals surface area contributed by atoms with Crippen LogP contribution < -0.4 is 5.32 Å². The third-order valence-electron chi connectivity index (χ3n) is 5.97. The Morgan fingerprint density at radius 2 is 1.59 bits per heavy atom. The molecule has 3 amide bonds. The maximum atomic E-state index is 13.8. The van der Waals surface area contributed by atoms with E-state index in [2.05, 4.69) is 5.32 Å². The molecule has 0 saturated carbocycles. The molecule has 0 bridgehead atoms. The van der Waals surface area contributed by atoms with E-state index < -0.39 is 17.5 Å². The zero-order chi connectivity index (χ0) is 22.9. The number of carbonyl (C=O) groups excluding carboxylic acids is 3. The topological polar surface area (TPSA) is 75.7 Å². The number of carbonyl (C=O) groups is 3. The van der Waals surface area contributed by atoms with Crippen LogP contribution in [0.1, 0.15) is 38.2 Å². The average Bonchev–Trinajstić information content (AvgIpc) is 3.07. The largest absolute Gasteiger partial charge is 0.465 e. The molecule has 0 spiro atoms. The summed E-state index contributed by atoms with van der Waals surface area (Å²) in [6.45, 7) is 4.08. The highest BCUT2D eigenvalue weighted by Gasteiger charge is 2.53. The summed E-state index contributed by atoms with van der Waals surface area (Å²) >= 11 is 0. The number of benzene rings is 3. The molecule has 1 saturated heterocycles. The molecule has 6 heteroatoms. The lowest BCUT2D eigenvalue weighted by Gasteiger charge is -2.28. The summed E-state index contributed by atoms with van der Waals surface area (Å²) in [5.74, 6) is -0.779. The number of hydrogen-bond acceptors (Lipinski definition) is 4. The molecule has 1 aliphatic rings. The van der Waals surface area contributed by atoms with Gasteiger partial charge >= 0.3 is 12.0 Å². The minimum absolute atomic E-state index is 0.0888. The first kappa shape index (κ1) is 21.3. The summed E-state index contributed by atoms with van der Waals surface area (Å²) in [6.07, 6.45) is 0. The number of nitrogens with one attached hydrogen (secondary N) is 1. The Kier molecular flexibility index (Phi) is 5.53. The van der Waals surface area contributed by atoms with Crippen LogP contribution >= 0.6 is 0 Å². The van der Waals surface area contributed by atoms with E-state index >= 15 is 0 Å². The van der Waals surface area contributed by atoms with Crippen molar-refractivity contribution in [1.82, 2.24) is 10.2 Å². The summed E-state index contributed by atoms with van der Waals surface area (Å²) in [4.78, 5) is 39.8. The summed E-state index contributed by atoms with van der Waals surface area (Å²) in [6, 6.07) is 21.3. The summed E-state index contributed by atoms with van der Waals surface area (Å²) < 4.78 is 4.72. The molecule has 0 aliphatic carbocycles. The molecule has 0 unspecified atom stereocenters. The lowest BCUT2D eigenvalue weighted by molar-refractivity contribution is -0.130. The maximum Gasteiger partial charge on any atom is 0.337 e. The Balaban J connectivity index is 1.73. The van der Waals surface area contributed by atoms with Gasteiger partial charge in [-0.05, 0) is 53.8 Å². The van der Waals surface area contributed by atoms with Crippen molar-refractivity contribution in [2.45, 2.75) is 25.9 Å². The molecule has 0 aromatic heterocycles. The highest BCUT2D eigenvalue weighted by atomic mass is 16.5. The van der Waals surface area contributed by atoms with E-state index in [0.717, 1.165) is 16.7 Å². The van der Waals surface area contributed by atoms with Crippen molar-refractivity contribution >= 4 is 17.9 Å². The third kappa shape index (κ3) is 3.54. The second-order valence-electron chi connectivity index (χ2n) is 7.93. The summed E-state index contributed by atoms with van der Waals surface area (Å²) in [5.41, 5.74) is 3.39. The highest BCUT2D eigenvalue weighted by molar-refractivity contribution is 6.09. The van der Waals surface area contributed by atoms with E-state index in [1.807, 2.05) is 62.4 Å². The zero-order valence-electron chi connectivity index (χ0n) is 18.2. The predicted octanol–water partition coefficient (Wildman–Crippen LogP) is 4.09. The molecule has 1 atom stereocenters. The number of esters is 1. The fourth-order valence-corrected chi connectivity index (χ4v) is 3.99. The van der Waals surface area contributed by atoms with Crippen molar-refractivity contribution < 1.29 is 19.1 Å². The molecule has 0 radical (unpaired) electrons. The van der Waals surface area contributed by atoms with E-state index in [1.165, 1.54) is 12.0 Å². The van der Waals surface area contributed by atoms with Gasteiger partial charge in [-0.25, -0.2) is 9.59 Å². The van der Waals surface area contributed by atoms with Crippen LogP contribution in [0.15, 0.2) is 72.8 Å². The van der Waals surface area contributed by atoms with Crippen LogP contribution in [0.3, 0.4) is 0 Å². The van der Waals surface area contributed by atoms with Gasteiger partial charge in [0.1, 0.15) is 0 Å². The fraction of sp³-hybridized carbons (Fsp3) is 0.192. The zero-order valence-corrected chi connectivity index (χ0v) is 18.2. The smallest absolute Gasteiger partial charge is 0.337 e. The standard InChI is InChI=1S/C26H24N2O4/c1-17-9-14-22(15-18(17)2)26(21-7-5-4-6-8-21)24(30)28(25(31)27-26)16-19-10-12-20(13-11-19)23(29)32-3/h4-15H,16H2,1-3H3,(H,27,31)/t26-/m0/s1. The first-order valence-corrected chi connectivity index (χ1v) is 10.3. The Labute approximate surface area is 186 Å². The van der Waals surface area contributed by atoms with Crippen molar-refractivity contribution in [3.8, 4) is 0 Å². The van der Waals surface area contributed by atoms with Gasteiger partial charge in [0, 0.05) is 0 Å². The minimum atomic E-state index is -1.30. The number of methoxy groups -OCH3 is 1. The molecule has 6 nitrogen and oxygen atoms in total. The highest BCUT2D eigenvalue weighted by Crippen LogP contribution is 2.37. The molecule has 162 valence electrons. The van der Waals surface area contributed by atoms with E-state index in [-0.39, 0.29) is 12.5 Å². The summed E-state index contributed by atoms with van der Waals surface area (Å²) in [5, 5.41) is 2.97. The second-order valence-corrected chi connectivity index (χ2v) is 7.93. The van der Waals surface area contributed by atoms with Crippen molar-refractivity contribution in [2.75, 3.05) is 7.11 Å². The Morgan fingerprint density at radius 1 is 0.906 bits per heavy atom. The Bertz CT molecular complexity index is 1190. The average molecular weight is 428 g/mol. The maximum absolute atomic E-state index is 13.8. The third-order valence-corrected chi connectivity index (χ3v) is 5.97. The molecule has 1 heterocycles. The number of hydrogen-bond donors (Lipinski definition) is 1. The molecular formula is C26H24N2O4. The Morgan fingerprint density at radius 3 is 2.22 bits per heavy atom. The number of nitrogens with zero attached hydrogens (tertiary/aromatic N) is 1. The van der Waals surface area contributed by atoms with Gasteiger partial charge in [-0.3, -0.25) is 9.69 Å². The van der Waals surface area contributed by atoms with Crippen LogP contribution in [-0.2, 0) is 21.6 Å². The van der Waals surface area contributed by atoms with Crippen molar-refractivity contribution in [1.29, 1.82) is 0 Å². The van der Waals surface area contributed by atoms with Gasteiger partial charge in [0.2, 0.25) is 0 Å². The predicted molar refractivity (Wildman–Crippen MR) is 120 cm³/mol. The van der Waals surface area contributed by atoms with Crippen LogP contribution in [0, 0.1) is 13.8 Å². The van der Waals surface area contributed by atoms with Crippen molar-refractivity contribution in [3.05, 3.63) is 106 Å². The molecule has 4 rings (SSSR count). The quantitative estimate of drug-likeness (QED) is 0.491. The molecule has 32 heavy (non-hydrogen) atoms. The van der Waals surface area contributed by atoms with Gasteiger partial charge in [-0.1, -0.05) is 60.7 Å². The number of imide groups is 1. The molecular weight excluding hydrogens is 404 g/mol. The molecule has 1 N–H and O–H groups in total. The molecule has 1 aliphatic heterocycles. The van der Waals surface area contributed by atoms with Crippen molar-refractivity contribution in [3.63, 3.8) is 0 Å². The van der Waals surface area contributed by atoms with Crippen molar-refractivity contribution in [2.24, 2.45) is 0 Å². The van der Waals surface area contributed by atoms with E-state index in [9.17, 15) is 14.4 Å². The first-order valence-electron chi connectivity index (χ1n) is 10.3. The second kappa shape index (κ2) is 8.30.